The molecule has 3 atom stereocenters. The number of allylic oxidation sites excluding steroid dienone is 1. The summed E-state index contributed by atoms with van der Waals surface area (Å²) < 4.78 is 4.64. The van der Waals surface area contributed by atoms with Crippen LogP contribution in [-0.4, -0.2) is 30.1 Å². The standard InChI is InChI=1S/C24H42O4/c1-5-6-16-24(2,3)17-12-14-20-19(21(25)18-22(20)26)13-10-8-7-9-11-15-23(27)28-4/h12,14,19-20,22,26H,5-11,13,15-18H2,1-4H3/b14-12+/t19-,20-,22-/m1/s1. The highest BCUT2D eigenvalue weighted by Crippen LogP contribution is 2.35. The summed E-state index contributed by atoms with van der Waals surface area (Å²) in [6.07, 6.45) is 15.2. The number of carbonyl (C=O) groups excluding carboxylic acids is 2. The van der Waals surface area contributed by atoms with Gasteiger partial charge in [-0.2, -0.15) is 0 Å². The van der Waals surface area contributed by atoms with Crippen molar-refractivity contribution in [1.82, 2.24) is 0 Å². The fourth-order valence-electron chi connectivity index (χ4n) is 4.16. The number of carbonyl (C=O) groups is 2. The Morgan fingerprint density at radius 2 is 1.86 bits per heavy atom. The summed E-state index contributed by atoms with van der Waals surface area (Å²) in [7, 11) is 1.42. The third-order valence-electron chi connectivity index (χ3n) is 6.09. The number of aliphatic hydroxyl groups is 1. The number of aliphatic hydroxyl groups excluding tert-OH is 1. The van der Waals surface area contributed by atoms with E-state index in [4.69, 9.17) is 0 Å². The number of ketones is 1. The molecule has 1 N–H and O–H groups in total. The molecule has 0 radical (unpaired) electrons. The van der Waals surface area contributed by atoms with Gasteiger partial charge in [0.25, 0.3) is 0 Å². The highest BCUT2D eigenvalue weighted by Gasteiger charge is 2.39. The van der Waals surface area contributed by atoms with Gasteiger partial charge in [0, 0.05) is 24.7 Å². The molecule has 1 rings (SSSR count). The molecule has 0 aromatic rings. The largest absolute Gasteiger partial charge is 0.469 e. The van der Waals surface area contributed by atoms with Crippen LogP contribution < -0.4 is 0 Å². The van der Waals surface area contributed by atoms with E-state index in [1.54, 1.807) is 0 Å². The molecule has 1 fully saturated rings. The van der Waals surface area contributed by atoms with E-state index < -0.39 is 6.10 Å². The summed E-state index contributed by atoms with van der Waals surface area (Å²) >= 11 is 0. The second-order valence-electron chi connectivity index (χ2n) is 9.20. The smallest absolute Gasteiger partial charge is 0.305 e. The van der Waals surface area contributed by atoms with Crippen LogP contribution in [0.4, 0.5) is 0 Å². The number of rotatable bonds is 14. The summed E-state index contributed by atoms with van der Waals surface area (Å²) in [5, 5.41) is 10.3. The molecule has 1 saturated carbocycles. The lowest BCUT2D eigenvalue weighted by molar-refractivity contribution is -0.140. The Bertz CT molecular complexity index is 495. The Labute approximate surface area is 172 Å². The number of hydrogen-bond acceptors (Lipinski definition) is 4. The van der Waals surface area contributed by atoms with E-state index in [1.165, 1.54) is 26.4 Å². The first-order chi connectivity index (χ1) is 13.3. The molecular formula is C24H42O4. The van der Waals surface area contributed by atoms with Gasteiger partial charge in [0.05, 0.1) is 13.2 Å². The molecule has 0 bridgehead atoms. The van der Waals surface area contributed by atoms with Gasteiger partial charge in [-0.05, 0) is 31.1 Å². The fraction of sp³-hybridized carbons (Fsp3) is 0.833. The highest BCUT2D eigenvalue weighted by molar-refractivity contribution is 5.84. The molecule has 162 valence electrons. The zero-order chi connectivity index (χ0) is 21.0. The first-order valence-electron chi connectivity index (χ1n) is 11.2. The van der Waals surface area contributed by atoms with Crippen molar-refractivity contribution in [2.24, 2.45) is 17.3 Å². The van der Waals surface area contributed by atoms with Crippen LogP contribution in [0.2, 0.25) is 0 Å². The normalized spacial score (nSPS) is 22.9. The fourth-order valence-corrected chi connectivity index (χ4v) is 4.16. The molecule has 28 heavy (non-hydrogen) atoms. The summed E-state index contributed by atoms with van der Waals surface area (Å²) in [6, 6.07) is 0. The van der Waals surface area contributed by atoms with Gasteiger partial charge < -0.3 is 9.84 Å². The Hall–Kier alpha value is -1.16. The van der Waals surface area contributed by atoms with Crippen LogP contribution in [0.15, 0.2) is 12.2 Å². The highest BCUT2D eigenvalue weighted by atomic mass is 16.5. The quantitative estimate of drug-likeness (QED) is 0.236. The van der Waals surface area contributed by atoms with Crippen molar-refractivity contribution in [3.63, 3.8) is 0 Å². The Kier molecular flexibility index (Phi) is 11.7. The average Bonchev–Trinajstić information content (AvgIpc) is 2.92. The van der Waals surface area contributed by atoms with E-state index >= 15 is 0 Å². The molecule has 4 nitrogen and oxygen atoms in total. The average molecular weight is 395 g/mol. The molecule has 0 spiro atoms. The number of hydrogen-bond donors (Lipinski definition) is 1. The molecule has 0 heterocycles. The van der Waals surface area contributed by atoms with Gasteiger partial charge in [0.1, 0.15) is 5.78 Å². The second kappa shape index (κ2) is 13.1. The summed E-state index contributed by atoms with van der Waals surface area (Å²) in [5.41, 5.74) is 0.278. The number of unbranched alkanes of at least 4 members (excludes halogenated alkanes) is 5. The maximum atomic E-state index is 12.3. The molecule has 4 heteroatoms. The summed E-state index contributed by atoms with van der Waals surface area (Å²) in [5.74, 6) is 0.0324. The molecule has 0 aliphatic heterocycles. The molecule has 0 saturated heterocycles. The number of esters is 1. The van der Waals surface area contributed by atoms with Crippen LogP contribution in [0, 0.1) is 17.3 Å². The van der Waals surface area contributed by atoms with E-state index in [0.717, 1.165) is 44.9 Å². The molecule has 0 unspecified atom stereocenters. The minimum Gasteiger partial charge on any atom is -0.469 e. The SMILES string of the molecule is CCCCC(C)(C)C/C=C/[C@H]1[C@H](O)CC(=O)[C@@H]1CCCCCCCC(=O)OC. The minimum atomic E-state index is -0.521. The van der Waals surface area contributed by atoms with Gasteiger partial charge in [-0.1, -0.05) is 71.4 Å². The zero-order valence-corrected chi connectivity index (χ0v) is 18.5. The van der Waals surface area contributed by atoms with Crippen LogP contribution in [0.25, 0.3) is 0 Å². The summed E-state index contributed by atoms with van der Waals surface area (Å²) in [4.78, 5) is 23.4. The van der Waals surface area contributed by atoms with Crippen LogP contribution in [0.1, 0.15) is 97.8 Å². The van der Waals surface area contributed by atoms with E-state index in [-0.39, 0.29) is 29.0 Å². The molecule has 1 aliphatic rings. The first-order valence-corrected chi connectivity index (χ1v) is 11.2. The maximum Gasteiger partial charge on any atom is 0.305 e. The zero-order valence-electron chi connectivity index (χ0n) is 18.5. The van der Waals surface area contributed by atoms with E-state index in [0.29, 0.717) is 12.8 Å². The lowest BCUT2D eigenvalue weighted by atomic mass is 9.82. The Balaban J connectivity index is 2.37. The van der Waals surface area contributed by atoms with Crippen LogP contribution in [0.3, 0.4) is 0 Å². The molecule has 0 amide bonds. The van der Waals surface area contributed by atoms with Crippen molar-refractivity contribution in [1.29, 1.82) is 0 Å². The van der Waals surface area contributed by atoms with Crippen molar-refractivity contribution in [3.8, 4) is 0 Å². The van der Waals surface area contributed by atoms with Gasteiger partial charge in [0.15, 0.2) is 0 Å². The predicted molar refractivity (Wildman–Crippen MR) is 114 cm³/mol. The van der Waals surface area contributed by atoms with Crippen molar-refractivity contribution in [2.75, 3.05) is 7.11 Å². The van der Waals surface area contributed by atoms with E-state index in [1.807, 2.05) is 0 Å². The topological polar surface area (TPSA) is 63.6 Å². The van der Waals surface area contributed by atoms with Crippen molar-refractivity contribution in [2.45, 2.75) is 104 Å². The molecule has 0 aromatic carbocycles. The van der Waals surface area contributed by atoms with Crippen molar-refractivity contribution >= 4 is 11.8 Å². The number of methoxy groups -OCH3 is 1. The van der Waals surface area contributed by atoms with Crippen molar-refractivity contribution < 1.29 is 19.4 Å². The van der Waals surface area contributed by atoms with E-state index in [9.17, 15) is 14.7 Å². The minimum absolute atomic E-state index is 0.0196. The Morgan fingerprint density at radius 3 is 2.54 bits per heavy atom. The molecule has 1 aliphatic carbocycles. The Morgan fingerprint density at radius 1 is 1.18 bits per heavy atom. The molecular weight excluding hydrogens is 352 g/mol. The van der Waals surface area contributed by atoms with Crippen LogP contribution >= 0.6 is 0 Å². The van der Waals surface area contributed by atoms with Gasteiger partial charge in [-0.15, -0.1) is 0 Å². The number of ether oxygens (including phenoxy) is 1. The van der Waals surface area contributed by atoms with Gasteiger partial charge in [-0.25, -0.2) is 0 Å². The monoisotopic (exact) mass is 394 g/mol. The van der Waals surface area contributed by atoms with Gasteiger partial charge in [-0.3, -0.25) is 9.59 Å². The second-order valence-corrected chi connectivity index (χ2v) is 9.20. The summed E-state index contributed by atoms with van der Waals surface area (Å²) in [6.45, 7) is 6.80. The van der Waals surface area contributed by atoms with Crippen LogP contribution in [-0.2, 0) is 14.3 Å². The predicted octanol–water partition coefficient (Wildman–Crippen LogP) is 5.62. The third-order valence-corrected chi connectivity index (χ3v) is 6.09. The van der Waals surface area contributed by atoms with Crippen LogP contribution in [0.5, 0.6) is 0 Å². The van der Waals surface area contributed by atoms with Gasteiger partial charge >= 0.3 is 5.97 Å². The van der Waals surface area contributed by atoms with Crippen molar-refractivity contribution in [3.05, 3.63) is 12.2 Å². The lowest BCUT2D eigenvalue weighted by Gasteiger charge is -2.23. The number of Topliss-reactive ketones (excluding diaryl/α,β-unsaturated/α-hetero) is 1. The van der Waals surface area contributed by atoms with E-state index in [2.05, 4.69) is 37.7 Å². The van der Waals surface area contributed by atoms with Gasteiger partial charge in [0.2, 0.25) is 0 Å². The lowest BCUT2D eigenvalue weighted by Crippen LogP contribution is -2.19. The molecule has 0 aromatic heterocycles. The maximum absolute atomic E-state index is 12.3. The first kappa shape index (κ1) is 24.9. The third kappa shape index (κ3) is 9.36.